The molecular weight excluding hydrogens is 407 g/mol. The van der Waals surface area contributed by atoms with Gasteiger partial charge in [0, 0.05) is 16.1 Å². The Bertz CT molecular complexity index is 685. The molecule has 2 rings (SSSR count). The monoisotopic (exact) mass is 408 g/mol. The Balaban J connectivity index is 2.86. The molecule has 0 N–H and O–H groups in total. The van der Waals surface area contributed by atoms with E-state index in [4.69, 9.17) is 69.6 Å². The molecule has 21 heavy (non-hydrogen) atoms. The van der Waals surface area contributed by atoms with E-state index in [1.165, 1.54) is 12.1 Å². The summed E-state index contributed by atoms with van der Waals surface area (Å²) in [5, 5.41) is -0.103. The average molecular weight is 411 g/mol. The molecule has 0 unspecified atom stereocenters. The molecule has 0 bridgehead atoms. The highest BCUT2D eigenvalue weighted by atomic mass is 35.5. The number of hydrogen-bond donors (Lipinski definition) is 0. The second-order valence-electron chi connectivity index (χ2n) is 3.98. The van der Waals surface area contributed by atoms with Gasteiger partial charge in [0.1, 0.15) is 0 Å². The highest BCUT2D eigenvalue weighted by Gasteiger charge is 2.24. The summed E-state index contributed by atoms with van der Waals surface area (Å²) in [7, 11) is 0. The fraction of sp³-hybridized carbons (Fsp3) is 0.0769. The Morgan fingerprint density at radius 1 is 0.714 bits per heavy atom. The van der Waals surface area contributed by atoms with Crippen LogP contribution < -0.4 is 0 Å². The van der Waals surface area contributed by atoms with Gasteiger partial charge in [-0.2, -0.15) is 0 Å². The van der Waals surface area contributed by atoms with E-state index in [2.05, 4.69) is 0 Å². The lowest BCUT2D eigenvalue weighted by molar-refractivity contribution is 0.152. The van der Waals surface area contributed by atoms with E-state index in [0.29, 0.717) is 0 Å². The second-order valence-corrected chi connectivity index (χ2v) is 6.30. The minimum atomic E-state index is -2.78. The van der Waals surface area contributed by atoms with Gasteiger partial charge >= 0.3 is 0 Å². The third-order valence-corrected chi connectivity index (χ3v) is 5.24. The van der Waals surface area contributed by atoms with Crippen LogP contribution in [0.3, 0.4) is 0 Å². The van der Waals surface area contributed by atoms with E-state index in [9.17, 15) is 8.78 Å². The number of rotatable bonds is 2. The summed E-state index contributed by atoms with van der Waals surface area (Å²) >= 11 is 35.7. The summed E-state index contributed by atoms with van der Waals surface area (Å²) in [5.41, 5.74) is -0.157. The zero-order valence-corrected chi connectivity index (χ0v) is 14.4. The Kier molecular flexibility index (Phi) is 5.51. The smallest absolute Gasteiger partial charge is 0.205 e. The summed E-state index contributed by atoms with van der Waals surface area (Å²) in [6.45, 7) is 0. The quantitative estimate of drug-likeness (QED) is 0.345. The molecule has 0 fully saturated rings. The van der Waals surface area contributed by atoms with Gasteiger partial charge in [0.05, 0.1) is 25.1 Å². The standard InChI is InChI=1S/C13H4Cl6F2/c14-4-1-2-5(6(3-4)13(20)21)7-8(15)10(17)12(19)11(18)9(7)16/h1-3,13H. The molecule has 0 heterocycles. The number of halogens is 8. The van der Waals surface area contributed by atoms with Crippen LogP contribution in [0.15, 0.2) is 18.2 Å². The van der Waals surface area contributed by atoms with E-state index in [1.54, 1.807) is 0 Å². The SMILES string of the molecule is FC(F)c1cc(Cl)ccc1-c1c(Cl)c(Cl)c(Cl)c(Cl)c1Cl. The van der Waals surface area contributed by atoms with E-state index in [1.807, 2.05) is 0 Å². The van der Waals surface area contributed by atoms with E-state index >= 15 is 0 Å². The molecule has 0 atom stereocenters. The molecule has 8 heteroatoms. The first-order valence-corrected chi connectivity index (χ1v) is 7.61. The normalized spacial score (nSPS) is 11.3. The summed E-state index contributed by atoms with van der Waals surface area (Å²) in [6.07, 6.45) is -2.78. The van der Waals surface area contributed by atoms with E-state index in [-0.39, 0.29) is 46.8 Å². The number of hydrogen-bond acceptors (Lipinski definition) is 0. The van der Waals surface area contributed by atoms with Crippen molar-refractivity contribution in [1.29, 1.82) is 0 Å². The number of benzene rings is 2. The van der Waals surface area contributed by atoms with Crippen LogP contribution in [0.25, 0.3) is 11.1 Å². The Labute approximate surface area is 149 Å². The molecule has 112 valence electrons. The summed E-state index contributed by atoms with van der Waals surface area (Å²) in [6, 6.07) is 3.94. The molecule has 0 saturated heterocycles. The van der Waals surface area contributed by atoms with Crippen LogP contribution in [0.2, 0.25) is 30.1 Å². The number of alkyl halides is 2. The molecule has 0 aliphatic heterocycles. The molecule has 0 amide bonds. The molecule has 0 spiro atoms. The van der Waals surface area contributed by atoms with Gasteiger partial charge in [0.15, 0.2) is 0 Å². The van der Waals surface area contributed by atoms with Gasteiger partial charge in [-0.3, -0.25) is 0 Å². The molecule has 0 aromatic heterocycles. The van der Waals surface area contributed by atoms with E-state index < -0.39 is 6.43 Å². The third kappa shape index (κ3) is 3.21. The minimum absolute atomic E-state index is 0.0374. The lowest BCUT2D eigenvalue weighted by Gasteiger charge is -2.16. The Morgan fingerprint density at radius 3 is 1.67 bits per heavy atom. The van der Waals surface area contributed by atoms with Crippen molar-refractivity contribution in [2.75, 3.05) is 0 Å². The van der Waals surface area contributed by atoms with Crippen LogP contribution in [0.1, 0.15) is 12.0 Å². The van der Waals surface area contributed by atoms with Crippen molar-refractivity contribution in [3.63, 3.8) is 0 Å². The highest BCUT2D eigenvalue weighted by molar-refractivity contribution is 6.56. The zero-order valence-electron chi connectivity index (χ0n) is 9.83. The van der Waals surface area contributed by atoms with Crippen LogP contribution in [0.5, 0.6) is 0 Å². The van der Waals surface area contributed by atoms with Crippen molar-refractivity contribution < 1.29 is 8.78 Å². The summed E-state index contributed by atoms with van der Waals surface area (Å²) in [4.78, 5) is 0. The first-order valence-electron chi connectivity index (χ1n) is 5.35. The molecule has 2 aromatic carbocycles. The van der Waals surface area contributed by atoms with Crippen molar-refractivity contribution in [1.82, 2.24) is 0 Å². The predicted octanol–water partition coefficient (Wildman–Crippen LogP) is 8.21. The minimum Gasteiger partial charge on any atom is -0.205 e. The van der Waals surface area contributed by atoms with Gasteiger partial charge in [-0.05, 0) is 17.7 Å². The first-order chi connectivity index (χ1) is 9.75. The van der Waals surface area contributed by atoms with Crippen molar-refractivity contribution in [3.8, 4) is 11.1 Å². The summed E-state index contributed by atoms with van der Waals surface area (Å²) in [5.74, 6) is 0. The molecular formula is C13H4Cl6F2. The fourth-order valence-corrected chi connectivity index (χ4v) is 3.31. The largest absolute Gasteiger partial charge is 0.264 e. The molecule has 0 radical (unpaired) electrons. The van der Waals surface area contributed by atoms with Gasteiger partial charge in [0.2, 0.25) is 0 Å². The van der Waals surface area contributed by atoms with Gasteiger partial charge in [-0.1, -0.05) is 75.7 Å². The Morgan fingerprint density at radius 2 is 1.19 bits per heavy atom. The van der Waals surface area contributed by atoms with Gasteiger partial charge in [-0.15, -0.1) is 0 Å². The van der Waals surface area contributed by atoms with Gasteiger partial charge in [-0.25, -0.2) is 8.78 Å². The van der Waals surface area contributed by atoms with Crippen molar-refractivity contribution >= 4 is 69.6 Å². The van der Waals surface area contributed by atoms with Gasteiger partial charge < -0.3 is 0 Å². The molecule has 0 saturated carbocycles. The highest BCUT2D eigenvalue weighted by Crippen LogP contribution is 2.49. The second kappa shape index (κ2) is 6.66. The molecule has 0 aliphatic carbocycles. The molecule has 2 aromatic rings. The predicted molar refractivity (Wildman–Crippen MR) is 86.9 cm³/mol. The lowest BCUT2D eigenvalue weighted by Crippen LogP contribution is -1.94. The van der Waals surface area contributed by atoms with Crippen LogP contribution in [0, 0.1) is 0 Å². The summed E-state index contributed by atoms with van der Waals surface area (Å²) < 4.78 is 26.4. The fourth-order valence-electron chi connectivity index (χ4n) is 1.78. The lowest BCUT2D eigenvalue weighted by atomic mass is 9.99. The molecule has 0 aliphatic rings. The van der Waals surface area contributed by atoms with Crippen LogP contribution in [-0.4, -0.2) is 0 Å². The first kappa shape index (κ1) is 17.4. The van der Waals surface area contributed by atoms with Crippen LogP contribution in [-0.2, 0) is 0 Å². The topological polar surface area (TPSA) is 0 Å². The average Bonchev–Trinajstić information content (AvgIpc) is 2.44. The van der Waals surface area contributed by atoms with Crippen molar-refractivity contribution in [2.45, 2.75) is 6.43 Å². The zero-order chi connectivity index (χ0) is 15.9. The van der Waals surface area contributed by atoms with Gasteiger partial charge in [0.25, 0.3) is 6.43 Å². The maximum atomic E-state index is 13.2. The van der Waals surface area contributed by atoms with Crippen molar-refractivity contribution in [3.05, 3.63) is 53.9 Å². The Hall–Kier alpha value is 0.0400. The maximum absolute atomic E-state index is 13.2. The van der Waals surface area contributed by atoms with E-state index in [0.717, 1.165) is 6.07 Å². The van der Waals surface area contributed by atoms with Crippen molar-refractivity contribution in [2.24, 2.45) is 0 Å². The van der Waals surface area contributed by atoms with Crippen LogP contribution >= 0.6 is 69.6 Å². The van der Waals surface area contributed by atoms with Crippen LogP contribution in [0.4, 0.5) is 8.78 Å². The molecule has 0 nitrogen and oxygen atoms in total. The third-order valence-electron chi connectivity index (χ3n) is 2.73. The maximum Gasteiger partial charge on any atom is 0.264 e.